The molecular formula is C31H31N7O6S2. The minimum Gasteiger partial charge on any atom is -0.322 e. The summed E-state index contributed by atoms with van der Waals surface area (Å²) in [7, 11) is -5.28. The molecule has 0 saturated heterocycles. The van der Waals surface area contributed by atoms with Gasteiger partial charge in [0.15, 0.2) is 0 Å². The lowest BCUT2D eigenvalue weighted by Gasteiger charge is -2.18. The number of para-hydroxylation sites is 1. The van der Waals surface area contributed by atoms with E-state index in [0.717, 1.165) is 4.31 Å². The summed E-state index contributed by atoms with van der Waals surface area (Å²) in [6.07, 6.45) is 0. The third kappa shape index (κ3) is 6.27. The van der Waals surface area contributed by atoms with Gasteiger partial charge in [-0.1, -0.05) is 24.3 Å². The van der Waals surface area contributed by atoms with Gasteiger partial charge in [0, 0.05) is 37.1 Å². The first kappa shape index (κ1) is 32.1. The van der Waals surface area contributed by atoms with E-state index in [2.05, 4.69) is 20.0 Å². The number of carbonyl (C=O) groups excluding carboxylic acids is 1. The normalized spacial score (nSPS) is 11.7. The molecule has 2 heterocycles. The summed E-state index contributed by atoms with van der Waals surface area (Å²) in [5.74, 6) is -0.0735. The summed E-state index contributed by atoms with van der Waals surface area (Å²) in [5.41, 5.74) is 1.37. The van der Waals surface area contributed by atoms with Crippen LogP contribution in [-0.2, 0) is 27.1 Å². The Labute approximate surface area is 266 Å². The van der Waals surface area contributed by atoms with Gasteiger partial charge in [-0.2, -0.15) is 0 Å². The number of carbonyl (C=O) groups is 1. The molecule has 13 nitrogen and oxygen atoms in total. The Bertz CT molecular complexity index is 2210. The lowest BCUT2D eigenvalue weighted by Crippen LogP contribution is -2.32. The Balaban J connectivity index is 1.35. The number of amides is 1. The van der Waals surface area contributed by atoms with Crippen LogP contribution < -0.4 is 19.9 Å². The van der Waals surface area contributed by atoms with Gasteiger partial charge in [0.05, 0.1) is 21.2 Å². The first-order chi connectivity index (χ1) is 21.7. The highest BCUT2D eigenvalue weighted by Crippen LogP contribution is 2.25. The Morgan fingerprint density at radius 1 is 0.826 bits per heavy atom. The maximum absolute atomic E-state index is 13.7. The second kappa shape index (κ2) is 12.3. The zero-order valence-corrected chi connectivity index (χ0v) is 27.2. The molecule has 0 saturated carbocycles. The van der Waals surface area contributed by atoms with E-state index in [0.29, 0.717) is 22.9 Å². The summed E-state index contributed by atoms with van der Waals surface area (Å²) in [6, 6.07) is 21.2. The van der Waals surface area contributed by atoms with Crippen molar-refractivity contribution in [1.82, 2.24) is 19.3 Å². The highest BCUT2D eigenvalue weighted by molar-refractivity contribution is 7.93. The van der Waals surface area contributed by atoms with Crippen LogP contribution >= 0.6 is 0 Å². The van der Waals surface area contributed by atoms with E-state index < -0.39 is 31.5 Å². The fraction of sp³-hybridized carbons (Fsp3) is 0.161. The Hall–Kier alpha value is -5.28. The highest BCUT2D eigenvalue weighted by Gasteiger charge is 2.29. The molecule has 0 unspecified atom stereocenters. The van der Waals surface area contributed by atoms with Crippen molar-refractivity contribution >= 4 is 43.1 Å². The van der Waals surface area contributed by atoms with E-state index in [1.807, 2.05) is 6.07 Å². The van der Waals surface area contributed by atoms with E-state index in [9.17, 15) is 26.4 Å². The molecule has 0 bridgehead atoms. The van der Waals surface area contributed by atoms with Gasteiger partial charge in [0.2, 0.25) is 0 Å². The third-order valence-corrected chi connectivity index (χ3v) is 10.3. The zero-order chi connectivity index (χ0) is 33.4. The number of aromatic nitrogens is 4. The van der Waals surface area contributed by atoms with Gasteiger partial charge in [-0.3, -0.25) is 23.3 Å². The van der Waals surface area contributed by atoms with Crippen LogP contribution in [0, 0.1) is 20.8 Å². The molecule has 0 aliphatic heterocycles. The van der Waals surface area contributed by atoms with E-state index in [1.54, 1.807) is 56.8 Å². The van der Waals surface area contributed by atoms with Crippen molar-refractivity contribution in [2.45, 2.75) is 30.6 Å². The fourth-order valence-electron chi connectivity index (χ4n) is 4.88. The molecule has 46 heavy (non-hydrogen) atoms. The number of nitrogens with zero attached hydrogens (tertiary/aromatic N) is 5. The van der Waals surface area contributed by atoms with Crippen LogP contribution in [0.3, 0.4) is 0 Å². The SMILES string of the molecule is Cc1cc(NS(=O)(=O)c2ccc(NC(=O)c3cccc(S(=O)(=O)N(C)c4c(C)n(C)n(-c5ccccc5)c4=O)c3)cc2)nc(C)n1. The van der Waals surface area contributed by atoms with Crippen LogP contribution in [0.4, 0.5) is 17.2 Å². The molecule has 15 heteroatoms. The van der Waals surface area contributed by atoms with Crippen LogP contribution in [-0.4, -0.2) is 49.1 Å². The summed E-state index contributed by atoms with van der Waals surface area (Å²) in [4.78, 5) is 34.5. The average Bonchev–Trinajstić information content (AvgIpc) is 3.23. The molecule has 0 aliphatic rings. The molecule has 1 amide bonds. The number of rotatable bonds is 9. The smallest absolute Gasteiger partial charge is 0.296 e. The third-order valence-electron chi connectivity index (χ3n) is 7.22. The van der Waals surface area contributed by atoms with Crippen LogP contribution in [0.5, 0.6) is 0 Å². The summed E-state index contributed by atoms with van der Waals surface area (Å²) in [5, 5.41) is 2.65. The predicted octanol–water partition coefficient (Wildman–Crippen LogP) is 3.77. The molecule has 0 atom stereocenters. The number of hydrogen-bond acceptors (Lipinski definition) is 8. The van der Waals surface area contributed by atoms with Gasteiger partial charge >= 0.3 is 0 Å². The second-order valence-electron chi connectivity index (χ2n) is 10.4. The monoisotopic (exact) mass is 661 g/mol. The van der Waals surface area contributed by atoms with E-state index in [-0.39, 0.29) is 32.5 Å². The number of anilines is 3. The van der Waals surface area contributed by atoms with Gasteiger partial charge in [0.1, 0.15) is 17.3 Å². The van der Waals surface area contributed by atoms with Crippen molar-refractivity contribution in [2.24, 2.45) is 7.05 Å². The van der Waals surface area contributed by atoms with Crippen LogP contribution in [0.1, 0.15) is 27.6 Å². The van der Waals surface area contributed by atoms with Gasteiger partial charge < -0.3 is 5.32 Å². The van der Waals surface area contributed by atoms with Crippen molar-refractivity contribution in [3.05, 3.63) is 118 Å². The van der Waals surface area contributed by atoms with E-state index in [4.69, 9.17) is 0 Å². The molecule has 0 aliphatic carbocycles. The predicted molar refractivity (Wildman–Crippen MR) is 174 cm³/mol. The lowest BCUT2D eigenvalue weighted by atomic mass is 10.2. The average molecular weight is 662 g/mol. The van der Waals surface area contributed by atoms with Crippen molar-refractivity contribution in [3.63, 3.8) is 0 Å². The summed E-state index contributed by atoms with van der Waals surface area (Å²) < 4.78 is 59.4. The Kier molecular flexibility index (Phi) is 8.56. The molecule has 3 aromatic carbocycles. The molecule has 0 fully saturated rings. The first-order valence-electron chi connectivity index (χ1n) is 13.9. The second-order valence-corrected chi connectivity index (χ2v) is 14.1. The number of hydrogen-bond donors (Lipinski definition) is 2. The summed E-state index contributed by atoms with van der Waals surface area (Å²) in [6.45, 7) is 5.02. The fourth-order valence-corrected chi connectivity index (χ4v) is 7.16. The molecule has 238 valence electrons. The van der Waals surface area contributed by atoms with Crippen LogP contribution in [0.15, 0.2) is 99.5 Å². The zero-order valence-electron chi connectivity index (χ0n) is 25.6. The number of benzene rings is 3. The van der Waals surface area contributed by atoms with Crippen molar-refractivity contribution in [2.75, 3.05) is 21.4 Å². The van der Waals surface area contributed by atoms with Crippen LogP contribution in [0.25, 0.3) is 5.69 Å². The minimum atomic E-state index is -4.26. The number of sulfonamides is 2. The molecule has 0 radical (unpaired) electrons. The van der Waals surface area contributed by atoms with Crippen molar-refractivity contribution in [1.29, 1.82) is 0 Å². The largest absolute Gasteiger partial charge is 0.322 e. The van der Waals surface area contributed by atoms with Crippen molar-refractivity contribution in [3.8, 4) is 5.69 Å². The van der Waals surface area contributed by atoms with E-state index in [1.165, 1.54) is 66.3 Å². The quantitative estimate of drug-likeness (QED) is 0.241. The Morgan fingerprint density at radius 3 is 2.15 bits per heavy atom. The van der Waals surface area contributed by atoms with Gasteiger partial charge in [0.25, 0.3) is 31.5 Å². The Morgan fingerprint density at radius 2 is 1.50 bits per heavy atom. The highest BCUT2D eigenvalue weighted by atomic mass is 32.2. The lowest BCUT2D eigenvalue weighted by molar-refractivity contribution is 0.102. The minimum absolute atomic E-state index is 0.0317. The standard InChI is InChI=1S/C31H31N7O6S2/c1-20-18-28(33-22(3)32-20)35-45(41,42)26-16-14-24(15-17-26)34-30(39)23-10-9-13-27(19-23)46(43,44)37(5)29-21(2)36(4)38(31(29)40)25-11-7-6-8-12-25/h6-19H,1-5H3,(H,34,39)(H,32,33,35). The van der Waals surface area contributed by atoms with Gasteiger partial charge in [-0.15, -0.1) is 0 Å². The van der Waals surface area contributed by atoms with E-state index >= 15 is 0 Å². The number of aryl methyl sites for hydroxylation is 2. The van der Waals surface area contributed by atoms with Crippen LogP contribution in [0.2, 0.25) is 0 Å². The van der Waals surface area contributed by atoms with Gasteiger partial charge in [-0.25, -0.2) is 31.5 Å². The maximum atomic E-state index is 13.7. The molecule has 5 rings (SSSR count). The topological polar surface area (TPSA) is 165 Å². The molecule has 2 aromatic heterocycles. The number of nitrogens with one attached hydrogen (secondary N) is 2. The first-order valence-corrected chi connectivity index (χ1v) is 16.8. The molecular weight excluding hydrogens is 631 g/mol. The molecule has 5 aromatic rings. The van der Waals surface area contributed by atoms with Gasteiger partial charge in [-0.05, 0) is 75.4 Å². The molecule has 0 spiro atoms. The molecule has 2 N–H and O–H groups in total. The maximum Gasteiger partial charge on any atom is 0.296 e. The summed E-state index contributed by atoms with van der Waals surface area (Å²) >= 11 is 0. The van der Waals surface area contributed by atoms with Crippen molar-refractivity contribution < 1.29 is 21.6 Å².